The van der Waals surface area contributed by atoms with E-state index in [4.69, 9.17) is 9.47 Å². The van der Waals surface area contributed by atoms with Gasteiger partial charge in [0.1, 0.15) is 12.6 Å². The van der Waals surface area contributed by atoms with Gasteiger partial charge in [-0.15, -0.1) is 5.10 Å². The average Bonchev–Trinajstić information content (AvgIpc) is 3.57. The predicted octanol–water partition coefficient (Wildman–Crippen LogP) is 4.24. The Morgan fingerprint density at radius 2 is 1.62 bits per heavy atom. The van der Waals surface area contributed by atoms with Crippen molar-refractivity contribution in [3.63, 3.8) is 0 Å². The maximum absolute atomic E-state index is 13.9. The molecule has 0 saturated heterocycles. The fraction of sp³-hybridized carbons (Fsp3) is 0.300. The van der Waals surface area contributed by atoms with E-state index in [9.17, 15) is 14.4 Å². The van der Waals surface area contributed by atoms with Crippen LogP contribution in [0.1, 0.15) is 71.3 Å². The van der Waals surface area contributed by atoms with Crippen LogP contribution in [-0.2, 0) is 20.8 Å². The molecule has 40 heavy (non-hydrogen) atoms. The molecular weight excluding hydrogens is 510 g/mol. The minimum atomic E-state index is -0.807. The van der Waals surface area contributed by atoms with Crippen molar-refractivity contribution in [2.75, 3.05) is 13.2 Å². The second-order valence-electron chi connectivity index (χ2n) is 9.41. The number of aromatic nitrogens is 3. The van der Waals surface area contributed by atoms with Crippen LogP contribution >= 0.6 is 0 Å². The Morgan fingerprint density at radius 1 is 0.950 bits per heavy atom. The Hall–Kier alpha value is -4.73. The highest BCUT2D eigenvalue weighted by Crippen LogP contribution is 2.44. The van der Waals surface area contributed by atoms with Crippen LogP contribution in [0, 0.1) is 0 Å². The van der Waals surface area contributed by atoms with Gasteiger partial charge in [-0.2, -0.15) is 0 Å². The van der Waals surface area contributed by atoms with Gasteiger partial charge < -0.3 is 9.47 Å². The van der Waals surface area contributed by atoms with Crippen LogP contribution in [0.25, 0.3) is 6.08 Å². The SMILES string of the molecule is CCOC(=O)c1nnn(CC(=O)N2NC3=C(CCCC3=Cc3ccccc3)C2c2ccccc2)c1C(=O)OCC. The fourth-order valence-corrected chi connectivity index (χ4v) is 5.14. The zero-order valence-corrected chi connectivity index (χ0v) is 22.5. The van der Waals surface area contributed by atoms with Gasteiger partial charge >= 0.3 is 11.9 Å². The van der Waals surface area contributed by atoms with Gasteiger partial charge in [-0.25, -0.2) is 19.3 Å². The third kappa shape index (κ3) is 5.38. The summed E-state index contributed by atoms with van der Waals surface area (Å²) in [6.45, 7) is 3.14. The molecule has 206 valence electrons. The molecule has 3 aromatic rings. The quantitative estimate of drug-likeness (QED) is 0.421. The first-order valence-corrected chi connectivity index (χ1v) is 13.4. The summed E-state index contributed by atoms with van der Waals surface area (Å²) in [6.07, 6.45) is 4.83. The molecule has 1 aliphatic carbocycles. The molecule has 1 aliphatic heterocycles. The van der Waals surface area contributed by atoms with Gasteiger partial charge in [0.25, 0.3) is 5.91 Å². The number of nitrogens with zero attached hydrogens (tertiary/aromatic N) is 4. The molecule has 2 aliphatic rings. The van der Waals surface area contributed by atoms with Crippen LogP contribution < -0.4 is 5.43 Å². The molecule has 0 bridgehead atoms. The van der Waals surface area contributed by atoms with E-state index in [1.165, 1.54) is 0 Å². The molecule has 10 nitrogen and oxygen atoms in total. The van der Waals surface area contributed by atoms with Crippen molar-refractivity contribution < 1.29 is 23.9 Å². The number of rotatable bonds is 8. The summed E-state index contributed by atoms with van der Waals surface area (Å²) < 4.78 is 11.3. The van der Waals surface area contributed by atoms with E-state index < -0.39 is 11.9 Å². The van der Waals surface area contributed by atoms with E-state index in [-0.39, 0.29) is 43.1 Å². The predicted molar refractivity (Wildman–Crippen MR) is 146 cm³/mol. The van der Waals surface area contributed by atoms with Gasteiger partial charge in [0.15, 0.2) is 5.69 Å². The molecule has 1 N–H and O–H groups in total. The van der Waals surface area contributed by atoms with Crippen LogP contribution in [0.5, 0.6) is 0 Å². The number of allylic oxidation sites excluding steroid dienone is 1. The number of nitrogens with one attached hydrogen (secondary N) is 1. The Morgan fingerprint density at radius 3 is 2.33 bits per heavy atom. The highest BCUT2D eigenvalue weighted by molar-refractivity contribution is 6.00. The molecule has 0 spiro atoms. The van der Waals surface area contributed by atoms with Crippen LogP contribution in [0.2, 0.25) is 0 Å². The van der Waals surface area contributed by atoms with Gasteiger partial charge in [-0.3, -0.25) is 10.2 Å². The van der Waals surface area contributed by atoms with E-state index >= 15 is 0 Å². The number of hydrogen-bond acceptors (Lipinski definition) is 8. The van der Waals surface area contributed by atoms with Crippen LogP contribution in [0.15, 0.2) is 77.5 Å². The first-order valence-electron chi connectivity index (χ1n) is 13.4. The number of benzene rings is 2. The van der Waals surface area contributed by atoms with Crippen molar-refractivity contribution >= 4 is 23.9 Å². The third-order valence-corrected chi connectivity index (χ3v) is 6.84. The van der Waals surface area contributed by atoms with Gasteiger partial charge in [0.2, 0.25) is 5.69 Å². The summed E-state index contributed by atoms with van der Waals surface area (Å²) in [5.74, 6) is -1.96. The third-order valence-electron chi connectivity index (χ3n) is 6.84. The molecule has 2 aromatic carbocycles. The maximum Gasteiger partial charge on any atom is 0.361 e. The van der Waals surface area contributed by atoms with Crippen LogP contribution in [0.4, 0.5) is 0 Å². The number of carbonyl (C=O) groups is 3. The van der Waals surface area contributed by atoms with Crippen molar-refractivity contribution in [1.29, 1.82) is 0 Å². The summed E-state index contributed by atoms with van der Waals surface area (Å²) in [6, 6.07) is 19.6. The first-order chi connectivity index (χ1) is 19.5. The molecule has 1 aromatic heterocycles. The standard InChI is InChI=1S/C30H31N5O5/c1-3-39-29(37)26-28(30(38)40-4-2)34(33-31-26)19-24(36)35-27(21-14-9-6-10-15-21)23-17-11-16-22(25(23)32-35)18-20-12-7-5-8-13-20/h5-10,12-15,18,27,32H,3-4,11,16-17,19H2,1-2H3. The van der Waals surface area contributed by atoms with Crippen LogP contribution in [-0.4, -0.2) is 51.1 Å². The lowest BCUT2D eigenvalue weighted by molar-refractivity contribution is -0.135. The number of amides is 1. The van der Waals surface area contributed by atoms with E-state index in [0.29, 0.717) is 0 Å². The Labute approximate surface area is 232 Å². The number of carbonyl (C=O) groups excluding carboxylic acids is 3. The Bertz CT molecular complexity index is 1460. The second-order valence-corrected chi connectivity index (χ2v) is 9.41. The molecule has 0 fully saturated rings. The zero-order valence-electron chi connectivity index (χ0n) is 22.5. The summed E-state index contributed by atoms with van der Waals surface area (Å²) in [7, 11) is 0. The molecule has 10 heteroatoms. The Balaban J connectivity index is 1.49. The van der Waals surface area contributed by atoms with Gasteiger partial charge in [-0.05, 0) is 61.5 Å². The normalized spacial score (nSPS) is 17.4. The van der Waals surface area contributed by atoms with E-state index in [2.05, 4.69) is 33.9 Å². The van der Waals surface area contributed by atoms with E-state index in [0.717, 1.165) is 51.9 Å². The molecule has 0 saturated carbocycles. The topological polar surface area (TPSA) is 116 Å². The minimum absolute atomic E-state index is 0.0805. The summed E-state index contributed by atoms with van der Waals surface area (Å²) in [4.78, 5) is 39.1. The van der Waals surface area contributed by atoms with Crippen molar-refractivity contribution in [3.05, 3.63) is 100 Å². The molecule has 5 rings (SSSR count). The molecule has 1 unspecified atom stereocenters. The van der Waals surface area contributed by atoms with E-state index in [1.807, 2.05) is 48.5 Å². The minimum Gasteiger partial charge on any atom is -0.461 e. The lowest BCUT2D eigenvalue weighted by Gasteiger charge is -2.27. The largest absolute Gasteiger partial charge is 0.461 e. The summed E-state index contributed by atoms with van der Waals surface area (Å²) in [5, 5.41) is 9.40. The first kappa shape index (κ1) is 26.9. The smallest absolute Gasteiger partial charge is 0.361 e. The van der Waals surface area contributed by atoms with Crippen molar-refractivity contribution in [1.82, 2.24) is 25.4 Å². The maximum atomic E-state index is 13.9. The highest BCUT2D eigenvalue weighted by atomic mass is 16.5. The fourth-order valence-electron chi connectivity index (χ4n) is 5.14. The second kappa shape index (κ2) is 12.0. The lowest BCUT2D eigenvalue weighted by atomic mass is 9.86. The van der Waals surface area contributed by atoms with Gasteiger partial charge in [0.05, 0.1) is 18.9 Å². The highest BCUT2D eigenvalue weighted by Gasteiger charge is 2.40. The summed E-state index contributed by atoms with van der Waals surface area (Å²) in [5.41, 5.74) is 8.12. The molecule has 0 radical (unpaired) electrons. The van der Waals surface area contributed by atoms with Crippen molar-refractivity contribution in [2.45, 2.75) is 45.7 Å². The Kier molecular flexibility index (Phi) is 8.04. The average molecular weight is 542 g/mol. The zero-order chi connectivity index (χ0) is 28.1. The van der Waals surface area contributed by atoms with Crippen LogP contribution in [0.3, 0.4) is 0 Å². The number of esters is 2. The van der Waals surface area contributed by atoms with Gasteiger partial charge in [-0.1, -0.05) is 65.9 Å². The summed E-state index contributed by atoms with van der Waals surface area (Å²) >= 11 is 0. The van der Waals surface area contributed by atoms with Gasteiger partial charge in [0, 0.05) is 0 Å². The number of hydrogen-bond donors (Lipinski definition) is 1. The monoisotopic (exact) mass is 541 g/mol. The molecule has 2 heterocycles. The molecule has 1 amide bonds. The molecule has 1 atom stereocenters. The number of hydrazine groups is 1. The van der Waals surface area contributed by atoms with Crippen molar-refractivity contribution in [3.8, 4) is 0 Å². The molecular formula is C30H31N5O5. The van der Waals surface area contributed by atoms with Crippen molar-refractivity contribution in [2.24, 2.45) is 0 Å². The number of ether oxygens (including phenoxy) is 2. The lowest BCUT2D eigenvalue weighted by Crippen LogP contribution is -2.42. The van der Waals surface area contributed by atoms with E-state index in [1.54, 1.807) is 18.9 Å².